The molecule has 68 valence electrons. The number of nitrogens with one attached hydrogen (secondary N) is 1. The van der Waals surface area contributed by atoms with Gasteiger partial charge in [-0.3, -0.25) is 4.79 Å². The van der Waals surface area contributed by atoms with Crippen LogP contribution in [0.25, 0.3) is 0 Å². The molecule has 1 aliphatic rings. The van der Waals surface area contributed by atoms with Crippen LogP contribution in [0.3, 0.4) is 0 Å². The van der Waals surface area contributed by atoms with Crippen LogP contribution in [0.2, 0.25) is 0 Å². The number of carbonyl (C=O) groups excluding carboxylic acids is 1. The fourth-order valence-corrected chi connectivity index (χ4v) is 1.43. The minimum atomic E-state index is -0.00223. The van der Waals surface area contributed by atoms with E-state index in [2.05, 4.69) is 5.32 Å². The number of anilines is 2. The van der Waals surface area contributed by atoms with Gasteiger partial charge in [-0.2, -0.15) is 0 Å². The Bertz CT molecular complexity index is 374. The Morgan fingerprint density at radius 3 is 2.92 bits per heavy atom. The van der Waals surface area contributed by atoms with Gasteiger partial charge in [0.05, 0.1) is 5.69 Å². The van der Waals surface area contributed by atoms with Crippen molar-refractivity contribution in [2.45, 2.75) is 12.8 Å². The maximum atomic E-state index is 11.0. The summed E-state index contributed by atoms with van der Waals surface area (Å²) in [4.78, 5) is 11.0. The van der Waals surface area contributed by atoms with Gasteiger partial charge in [-0.05, 0) is 24.1 Å². The van der Waals surface area contributed by atoms with E-state index < -0.39 is 0 Å². The zero-order valence-electron chi connectivity index (χ0n) is 7.00. The minimum Gasteiger partial charge on any atom is -0.506 e. The molecule has 1 heterocycles. The van der Waals surface area contributed by atoms with Crippen molar-refractivity contribution >= 4 is 17.3 Å². The molecule has 0 fully saturated rings. The number of hydrogen-bond acceptors (Lipinski definition) is 3. The van der Waals surface area contributed by atoms with Gasteiger partial charge in [-0.15, -0.1) is 0 Å². The number of nitrogen functional groups attached to an aromatic ring is 1. The first kappa shape index (κ1) is 7.91. The molecule has 0 aromatic heterocycles. The van der Waals surface area contributed by atoms with E-state index in [1.165, 1.54) is 0 Å². The molecule has 1 amide bonds. The molecule has 1 aromatic rings. The zero-order chi connectivity index (χ0) is 9.42. The predicted molar refractivity (Wildman–Crippen MR) is 49.5 cm³/mol. The van der Waals surface area contributed by atoms with E-state index in [-0.39, 0.29) is 11.7 Å². The number of amides is 1. The molecule has 0 bridgehead atoms. The molecule has 0 spiro atoms. The van der Waals surface area contributed by atoms with Gasteiger partial charge < -0.3 is 16.2 Å². The van der Waals surface area contributed by atoms with Crippen molar-refractivity contribution in [2.75, 3.05) is 11.1 Å². The molecule has 0 saturated heterocycles. The summed E-state index contributed by atoms with van der Waals surface area (Å²) in [6.07, 6.45) is 1.13. The van der Waals surface area contributed by atoms with E-state index >= 15 is 0 Å². The van der Waals surface area contributed by atoms with Gasteiger partial charge in [0.1, 0.15) is 5.75 Å². The molecular weight excluding hydrogens is 168 g/mol. The van der Waals surface area contributed by atoms with E-state index in [1.807, 2.05) is 0 Å². The number of aryl methyl sites for hydroxylation is 1. The first-order valence-electron chi connectivity index (χ1n) is 4.08. The topological polar surface area (TPSA) is 75.3 Å². The number of phenolic OH excluding ortho intramolecular Hbond substituents is 1. The third-order valence-corrected chi connectivity index (χ3v) is 2.15. The zero-order valence-corrected chi connectivity index (χ0v) is 7.00. The van der Waals surface area contributed by atoms with Crippen molar-refractivity contribution in [3.63, 3.8) is 0 Å². The van der Waals surface area contributed by atoms with Crippen molar-refractivity contribution in [2.24, 2.45) is 0 Å². The Hall–Kier alpha value is -1.71. The summed E-state index contributed by atoms with van der Waals surface area (Å²) in [6, 6.07) is 3.19. The molecule has 1 aromatic carbocycles. The molecule has 4 N–H and O–H groups in total. The summed E-state index contributed by atoms with van der Waals surface area (Å²) in [6.45, 7) is 0. The van der Waals surface area contributed by atoms with Gasteiger partial charge in [0.25, 0.3) is 0 Å². The second-order valence-corrected chi connectivity index (χ2v) is 3.12. The highest BCUT2D eigenvalue weighted by Gasteiger charge is 2.15. The molecule has 4 nitrogen and oxygen atoms in total. The molecule has 0 aliphatic carbocycles. The van der Waals surface area contributed by atoms with Gasteiger partial charge in [-0.1, -0.05) is 0 Å². The first-order valence-corrected chi connectivity index (χ1v) is 4.08. The summed E-state index contributed by atoms with van der Waals surface area (Å²) < 4.78 is 0. The second-order valence-electron chi connectivity index (χ2n) is 3.12. The minimum absolute atomic E-state index is 0.00223. The molecule has 2 rings (SSSR count). The highest BCUT2D eigenvalue weighted by molar-refractivity contribution is 5.94. The maximum Gasteiger partial charge on any atom is 0.224 e. The Morgan fingerprint density at radius 2 is 2.15 bits per heavy atom. The lowest BCUT2D eigenvalue weighted by atomic mass is 10.0. The quantitative estimate of drug-likeness (QED) is 0.313. The van der Waals surface area contributed by atoms with Crippen LogP contribution in [0.5, 0.6) is 5.75 Å². The predicted octanol–water partition coefficient (Wildman–Crippen LogP) is 0.859. The van der Waals surface area contributed by atoms with E-state index in [4.69, 9.17) is 5.73 Å². The van der Waals surface area contributed by atoms with Crippen molar-refractivity contribution in [3.8, 4) is 5.75 Å². The van der Waals surface area contributed by atoms with Gasteiger partial charge in [0, 0.05) is 12.1 Å². The standard InChI is InChI=1S/C9H10N2O2/c10-6-4-7-5(3-8(6)12)1-2-9(13)11-7/h3-4,12H,1-2,10H2,(H,11,13). The molecule has 0 saturated carbocycles. The van der Waals surface area contributed by atoms with Crippen LogP contribution in [-0.2, 0) is 11.2 Å². The molecule has 0 radical (unpaired) electrons. The lowest BCUT2D eigenvalue weighted by Gasteiger charge is -2.17. The molecular formula is C9H10N2O2. The van der Waals surface area contributed by atoms with E-state index in [0.717, 1.165) is 5.56 Å². The van der Waals surface area contributed by atoms with Crippen molar-refractivity contribution < 1.29 is 9.90 Å². The third-order valence-electron chi connectivity index (χ3n) is 2.15. The molecule has 0 atom stereocenters. The van der Waals surface area contributed by atoms with Gasteiger partial charge in [-0.25, -0.2) is 0 Å². The Labute approximate surface area is 75.4 Å². The SMILES string of the molecule is Nc1cc2c(cc1O)CCC(=O)N2. The lowest BCUT2D eigenvalue weighted by Crippen LogP contribution is -2.18. The van der Waals surface area contributed by atoms with E-state index in [1.54, 1.807) is 12.1 Å². The lowest BCUT2D eigenvalue weighted by molar-refractivity contribution is -0.116. The van der Waals surface area contributed by atoms with Crippen LogP contribution in [0.4, 0.5) is 11.4 Å². The van der Waals surface area contributed by atoms with Crippen molar-refractivity contribution in [1.29, 1.82) is 0 Å². The summed E-state index contributed by atoms with van der Waals surface area (Å²) in [7, 11) is 0. The number of aromatic hydroxyl groups is 1. The van der Waals surface area contributed by atoms with Crippen LogP contribution in [0.1, 0.15) is 12.0 Å². The normalized spacial score (nSPS) is 14.9. The Balaban J connectivity index is 2.49. The fraction of sp³-hybridized carbons (Fsp3) is 0.222. The average molecular weight is 178 g/mol. The average Bonchev–Trinajstić information content (AvgIpc) is 2.08. The van der Waals surface area contributed by atoms with Crippen LogP contribution in [0, 0.1) is 0 Å². The monoisotopic (exact) mass is 178 g/mol. The van der Waals surface area contributed by atoms with Crippen molar-refractivity contribution in [3.05, 3.63) is 17.7 Å². The van der Waals surface area contributed by atoms with Crippen LogP contribution in [0.15, 0.2) is 12.1 Å². The number of nitrogens with two attached hydrogens (primary N) is 1. The number of carbonyl (C=O) groups is 1. The number of rotatable bonds is 0. The summed E-state index contributed by atoms with van der Waals surface area (Å²) in [5.74, 6) is 0.0764. The van der Waals surface area contributed by atoms with E-state index in [9.17, 15) is 9.90 Å². The van der Waals surface area contributed by atoms with E-state index in [0.29, 0.717) is 24.2 Å². The van der Waals surface area contributed by atoms with Gasteiger partial charge in [0.2, 0.25) is 5.91 Å². The number of hydrogen-bond donors (Lipinski definition) is 3. The number of benzene rings is 1. The van der Waals surface area contributed by atoms with Crippen molar-refractivity contribution in [1.82, 2.24) is 0 Å². The fourth-order valence-electron chi connectivity index (χ4n) is 1.43. The van der Waals surface area contributed by atoms with Gasteiger partial charge in [0.15, 0.2) is 0 Å². The first-order chi connectivity index (χ1) is 6.16. The summed E-state index contributed by atoms with van der Waals surface area (Å²) in [5, 5.41) is 12.0. The summed E-state index contributed by atoms with van der Waals surface area (Å²) >= 11 is 0. The smallest absolute Gasteiger partial charge is 0.224 e. The summed E-state index contributed by atoms with van der Waals surface area (Å²) in [5.41, 5.74) is 7.43. The van der Waals surface area contributed by atoms with Gasteiger partial charge >= 0.3 is 0 Å². The molecule has 1 aliphatic heterocycles. The Kier molecular flexibility index (Phi) is 1.62. The molecule has 0 unspecified atom stereocenters. The van der Waals surface area contributed by atoms with Crippen LogP contribution >= 0.6 is 0 Å². The second kappa shape index (κ2) is 2.65. The Morgan fingerprint density at radius 1 is 1.38 bits per heavy atom. The van der Waals surface area contributed by atoms with Crippen LogP contribution < -0.4 is 11.1 Å². The highest BCUT2D eigenvalue weighted by atomic mass is 16.3. The third kappa shape index (κ3) is 1.30. The maximum absolute atomic E-state index is 11.0. The number of phenols is 1. The van der Waals surface area contributed by atoms with Crippen LogP contribution in [-0.4, -0.2) is 11.0 Å². The molecule has 4 heteroatoms. The molecule has 13 heavy (non-hydrogen) atoms. The largest absolute Gasteiger partial charge is 0.506 e. The number of fused-ring (bicyclic) bond motifs is 1. The highest BCUT2D eigenvalue weighted by Crippen LogP contribution is 2.31.